The predicted molar refractivity (Wildman–Crippen MR) is 293 cm³/mol. The third kappa shape index (κ3) is 12.7. The Labute approximate surface area is 455 Å². The van der Waals surface area contributed by atoms with Gasteiger partial charge in [-0.1, -0.05) is 84.3 Å². The van der Waals surface area contributed by atoms with Gasteiger partial charge in [-0.25, -0.2) is 9.97 Å². The molecule has 1 aliphatic carbocycles. The van der Waals surface area contributed by atoms with Gasteiger partial charge in [0, 0.05) is 108 Å². The zero-order chi connectivity index (χ0) is 54.7. The van der Waals surface area contributed by atoms with E-state index in [0.717, 1.165) is 74.3 Å². The number of hydrogen-bond acceptors (Lipinski definition) is 15. The van der Waals surface area contributed by atoms with Gasteiger partial charge in [0.25, 0.3) is 5.91 Å². The number of nitrogens with zero attached hydrogens (tertiary/aromatic N) is 8. The van der Waals surface area contributed by atoms with Crippen molar-refractivity contribution < 1.29 is 34.1 Å². The number of ether oxygens (including phenoxy) is 1. The molecule has 18 nitrogen and oxygen atoms in total. The van der Waals surface area contributed by atoms with E-state index in [1.54, 1.807) is 29.9 Å². The molecule has 4 aromatic rings. The molecule has 0 spiro atoms. The Bertz CT molecular complexity index is 2730. The number of benzene rings is 2. The highest BCUT2D eigenvalue weighted by Crippen LogP contribution is 2.55. The molecular weight excluding hydrogens is 1010 g/mol. The number of aliphatic hydroxyl groups excluding tert-OH is 2. The summed E-state index contributed by atoms with van der Waals surface area (Å²) in [6.45, 7) is 23.8. The normalized spacial score (nSPS) is 22.7. The van der Waals surface area contributed by atoms with Crippen LogP contribution in [0.1, 0.15) is 88.1 Å². The summed E-state index contributed by atoms with van der Waals surface area (Å²) < 4.78 is 6.39. The van der Waals surface area contributed by atoms with Crippen molar-refractivity contribution in [2.24, 2.45) is 16.2 Å². The average Bonchev–Trinajstić information content (AvgIpc) is 4.09. The highest BCUT2D eigenvalue weighted by atomic mass is 35.5. The number of anilines is 1. The van der Waals surface area contributed by atoms with Crippen LogP contribution in [-0.4, -0.2) is 179 Å². The fourth-order valence-electron chi connectivity index (χ4n) is 11.7. The molecule has 0 unspecified atom stereocenters. The molecule has 4 atom stereocenters. The van der Waals surface area contributed by atoms with Crippen molar-refractivity contribution in [3.8, 4) is 22.3 Å². The Morgan fingerprint density at radius 1 is 0.895 bits per heavy atom. The Morgan fingerprint density at radius 2 is 1.54 bits per heavy atom. The number of hydrogen-bond donors (Lipinski definition) is 5. The van der Waals surface area contributed by atoms with Gasteiger partial charge in [0.1, 0.15) is 35.8 Å². The molecule has 1 saturated carbocycles. The molecule has 5 heterocycles. The Kier molecular flexibility index (Phi) is 17.5. The fraction of sp³-hybridized carbons (Fsp3) is 0.554. The third-order valence-corrected chi connectivity index (χ3v) is 17.1. The van der Waals surface area contributed by atoms with Crippen molar-refractivity contribution in [1.29, 1.82) is 5.26 Å². The second-order valence-electron chi connectivity index (χ2n) is 23.0. The first-order valence-electron chi connectivity index (χ1n) is 26.3. The summed E-state index contributed by atoms with van der Waals surface area (Å²) >= 11 is 7.81. The highest BCUT2D eigenvalue weighted by molar-refractivity contribution is 7.13. The van der Waals surface area contributed by atoms with Gasteiger partial charge < -0.3 is 40.7 Å². The number of aromatic nitrogens is 2. The predicted octanol–water partition coefficient (Wildman–Crippen LogP) is 4.73. The van der Waals surface area contributed by atoms with Crippen molar-refractivity contribution in [2.45, 2.75) is 98.2 Å². The minimum absolute atomic E-state index is 0.0408. The van der Waals surface area contributed by atoms with Crippen LogP contribution in [0.2, 0.25) is 5.02 Å². The highest BCUT2D eigenvalue weighted by Gasteiger charge is 2.64. The van der Waals surface area contributed by atoms with Gasteiger partial charge in [-0.3, -0.25) is 33.9 Å². The number of nitrogens with one attached hydrogen (secondary N) is 3. The van der Waals surface area contributed by atoms with E-state index in [-0.39, 0.29) is 60.9 Å². The molecule has 4 aliphatic rings. The Morgan fingerprint density at radius 3 is 2.11 bits per heavy atom. The molecule has 0 radical (unpaired) electrons. The molecule has 0 bridgehead atoms. The minimum atomic E-state index is -0.980. The van der Waals surface area contributed by atoms with Gasteiger partial charge in [0.2, 0.25) is 17.7 Å². The molecule has 5 N–H and O–H groups in total. The number of carbonyl (C=O) groups excluding carboxylic acids is 4. The zero-order valence-electron chi connectivity index (χ0n) is 45.0. The van der Waals surface area contributed by atoms with Gasteiger partial charge >= 0.3 is 0 Å². The van der Waals surface area contributed by atoms with Crippen molar-refractivity contribution in [1.82, 2.24) is 45.5 Å². The first kappa shape index (κ1) is 56.5. The number of halogens is 1. The number of β-amino-alcohol motifs (C(OH)–C–C–N with tert-alkyl or cyclic N) is 1. The van der Waals surface area contributed by atoms with Crippen LogP contribution in [0.15, 0.2) is 66.3 Å². The number of amides is 4. The number of nitriles is 1. The average molecular weight is 1080 g/mol. The largest absolute Gasteiger partial charge is 0.489 e. The summed E-state index contributed by atoms with van der Waals surface area (Å²) in [7, 11) is 0. The van der Waals surface area contributed by atoms with E-state index in [1.807, 2.05) is 64.1 Å². The van der Waals surface area contributed by atoms with E-state index in [1.165, 1.54) is 16.2 Å². The van der Waals surface area contributed by atoms with Gasteiger partial charge in [-0.05, 0) is 47.7 Å². The van der Waals surface area contributed by atoms with E-state index < -0.39 is 41.5 Å². The van der Waals surface area contributed by atoms with Crippen LogP contribution in [0, 0.1) is 34.5 Å². The summed E-state index contributed by atoms with van der Waals surface area (Å²) in [5.74, 6) is 0.0377. The number of likely N-dealkylation sites (tertiary alicyclic amines) is 1. The first-order chi connectivity index (χ1) is 36.1. The standard InChI is InChI=1S/C56H74ClN11O7S/c1-35-47(76-34-60-35)37-11-9-36(10-12-37)43(33-69)61-50(73)44-27-40(70)31-68(44)51(74)48(54(2,3)4)62-46(71)32-66-21-19-64(20-22-66)17-18-65-23-25-67(26-24-65)45-16-14-39(30-59-45)49(72)63-52-55(5,6)53(56(52,7)8)75-41-15-13-38(29-58)42(57)28-41/h9-16,28,30,34,40,43-44,48,52-53,69-70H,17-27,31-33H2,1-8H3,(H,61,73)(H,62,71)(H,63,72)/t40-,43+,44+,48-,52-,53-/m1/s1. The van der Waals surface area contributed by atoms with E-state index in [0.29, 0.717) is 40.6 Å². The van der Waals surface area contributed by atoms with E-state index in [2.05, 4.69) is 74.3 Å². The number of thiazole rings is 1. The van der Waals surface area contributed by atoms with Crippen molar-refractivity contribution in [2.75, 3.05) is 90.0 Å². The smallest absolute Gasteiger partial charge is 0.253 e. The molecule has 76 heavy (non-hydrogen) atoms. The molecular formula is C56H74ClN11O7S. The molecule has 4 amide bonds. The monoisotopic (exact) mass is 1080 g/mol. The van der Waals surface area contributed by atoms with Crippen LogP contribution in [0.3, 0.4) is 0 Å². The van der Waals surface area contributed by atoms with Gasteiger partial charge in [-0.2, -0.15) is 5.26 Å². The number of rotatable bonds is 17. The summed E-state index contributed by atoms with van der Waals surface area (Å²) in [6, 6.07) is 15.6. The van der Waals surface area contributed by atoms with Crippen LogP contribution in [0.25, 0.3) is 10.4 Å². The van der Waals surface area contributed by atoms with Crippen LogP contribution in [0.4, 0.5) is 5.82 Å². The number of aryl methyl sites for hydroxylation is 1. The van der Waals surface area contributed by atoms with E-state index in [4.69, 9.17) is 21.3 Å². The van der Waals surface area contributed by atoms with E-state index >= 15 is 0 Å². The second-order valence-corrected chi connectivity index (χ2v) is 24.3. The lowest BCUT2D eigenvalue weighted by atomic mass is 9.49. The molecule has 3 saturated heterocycles. The molecule has 3 aliphatic heterocycles. The maximum Gasteiger partial charge on any atom is 0.253 e. The number of piperazine rings is 2. The summed E-state index contributed by atoms with van der Waals surface area (Å²) in [4.78, 5) is 76.0. The maximum absolute atomic E-state index is 14.3. The molecule has 4 fully saturated rings. The second kappa shape index (κ2) is 23.5. The number of carbonyl (C=O) groups is 4. The van der Waals surface area contributed by atoms with Crippen molar-refractivity contribution >= 4 is 52.4 Å². The zero-order valence-corrected chi connectivity index (χ0v) is 46.6. The number of aliphatic hydroxyl groups is 2. The van der Waals surface area contributed by atoms with Gasteiger partial charge in [-0.15, -0.1) is 11.3 Å². The SMILES string of the molecule is Cc1ncsc1-c1ccc([C@H](CO)NC(=O)[C@@H]2C[C@@H](O)CN2C(=O)[C@@H](NC(=O)CN2CCN(CCN3CCN(c4ccc(C(=O)N[C@H]5C(C)(C)[C@H](Oc6ccc(C#N)c(Cl)c6)C5(C)C)cn4)CC3)CC2)C(C)(C)C)cc1. The van der Waals surface area contributed by atoms with Crippen molar-refractivity contribution in [3.05, 3.63) is 93.7 Å². The molecule has 20 heteroatoms. The van der Waals surface area contributed by atoms with Gasteiger partial charge in [0.05, 0.1) is 57.5 Å². The minimum Gasteiger partial charge on any atom is -0.489 e. The van der Waals surface area contributed by atoms with Crippen LogP contribution in [0.5, 0.6) is 5.75 Å². The molecule has 408 valence electrons. The Hall–Kier alpha value is -5.72. The molecule has 2 aromatic heterocycles. The Balaban J connectivity index is 0.748. The van der Waals surface area contributed by atoms with Crippen molar-refractivity contribution in [3.63, 3.8) is 0 Å². The summed E-state index contributed by atoms with van der Waals surface area (Å²) in [5, 5.41) is 39.8. The lowest BCUT2D eigenvalue weighted by molar-refractivity contribution is -0.164. The van der Waals surface area contributed by atoms with Crippen LogP contribution in [-0.2, 0) is 14.4 Å². The number of pyridine rings is 1. The third-order valence-electron chi connectivity index (χ3n) is 15.8. The lowest BCUT2D eigenvalue weighted by Crippen LogP contribution is -2.74. The maximum atomic E-state index is 14.3. The fourth-order valence-corrected chi connectivity index (χ4v) is 12.7. The molecule has 2 aromatic carbocycles. The summed E-state index contributed by atoms with van der Waals surface area (Å²) in [6.07, 6.45) is 0.562. The van der Waals surface area contributed by atoms with E-state index in [9.17, 15) is 34.7 Å². The van der Waals surface area contributed by atoms with Crippen LogP contribution >= 0.6 is 22.9 Å². The topological polar surface area (TPSA) is 220 Å². The van der Waals surface area contributed by atoms with Gasteiger partial charge in [0.15, 0.2) is 0 Å². The lowest BCUT2D eigenvalue weighted by Gasteiger charge is -2.63. The quantitative estimate of drug-likeness (QED) is 0.0966. The summed E-state index contributed by atoms with van der Waals surface area (Å²) in [5.41, 5.74) is 3.82. The molecule has 8 rings (SSSR count). The van der Waals surface area contributed by atoms with Crippen LogP contribution < -0.4 is 25.6 Å². The first-order valence-corrected chi connectivity index (χ1v) is 27.6.